The highest BCUT2D eigenvalue weighted by Crippen LogP contribution is 2.53. The standard InChI is InChI=1S/C18H21F2NO2/c1-18(2)15(11-5-6-23-16(11)18)21-17(22)13-8-12(13)10-4-3-9(19)7-14(10)20/h3-4,7,11-13,15-16H,5-6,8H2,1-2H3,(H,21,22)/t11-,12+,13+,15+,16+/m0/s1. The van der Waals surface area contributed by atoms with Crippen molar-refractivity contribution in [3.63, 3.8) is 0 Å². The second-order valence-corrected chi connectivity index (χ2v) is 7.67. The maximum atomic E-state index is 13.8. The minimum atomic E-state index is -0.587. The molecule has 2 aliphatic carbocycles. The van der Waals surface area contributed by atoms with E-state index >= 15 is 0 Å². The Morgan fingerprint density at radius 2 is 2.13 bits per heavy atom. The summed E-state index contributed by atoms with van der Waals surface area (Å²) in [5, 5.41) is 3.16. The smallest absolute Gasteiger partial charge is 0.223 e. The Morgan fingerprint density at radius 3 is 2.87 bits per heavy atom. The Balaban J connectivity index is 1.42. The van der Waals surface area contributed by atoms with Gasteiger partial charge in [-0.05, 0) is 30.4 Å². The molecule has 2 saturated carbocycles. The van der Waals surface area contributed by atoms with Crippen molar-refractivity contribution >= 4 is 5.91 Å². The normalized spacial score (nSPS) is 37.0. The first kappa shape index (κ1) is 15.1. The molecule has 1 amide bonds. The summed E-state index contributed by atoms with van der Waals surface area (Å²) in [5.41, 5.74) is 0.393. The van der Waals surface area contributed by atoms with E-state index in [1.807, 2.05) is 0 Å². The van der Waals surface area contributed by atoms with E-state index in [0.717, 1.165) is 19.1 Å². The fraction of sp³-hybridized carbons (Fsp3) is 0.611. The molecule has 0 bridgehead atoms. The van der Waals surface area contributed by atoms with Gasteiger partial charge in [0.2, 0.25) is 5.91 Å². The highest BCUT2D eigenvalue weighted by molar-refractivity contribution is 5.83. The van der Waals surface area contributed by atoms with Gasteiger partial charge in [0.1, 0.15) is 11.6 Å². The molecule has 4 rings (SSSR count). The zero-order chi connectivity index (χ0) is 16.4. The molecule has 0 spiro atoms. The van der Waals surface area contributed by atoms with Gasteiger partial charge in [-0.25, -0.2) is 8.78 Å². The Bertz CT molecular complexity index is 660. The van der Waals surface area contributed by atoms with Gasteiger partial charge in [-0.2, -0.15) is 0 Å². The van der Waals surface area contributed by atoms with Crippen molar-refractivity contribution in [3.05, 3.63) is 35.4 Å². The van der Waals surface area contributed by atoms with Gasteiger partial charge in [0, 0.05) is 36.0 Å². The van der Waals surface area contributed by atoms with Crippen LogP contribution in [0.5, 0.6) is 0 Å². The number of nitrogens with one attached hydrogen (secondary N) is 1. The molecule has 3 fully saturated rings. The Labute approximate surface area is 134 Å². The van der Waals surface area contributed by atoms with E-state index in [1.165, 1.54) is 12.1 Å². The summed E-state index contributed by atoms with van der Waals surface area (Å²) in [6.07, 6.45) is 1.85. The van der Waals surface area contributed by atoms with Crippen LogP contribution in [0.2, 0.25) is 0 Å². The van der Waals surface area contributed by atoms with Gasteiger partial charge in [-0.3, -0.25) is 4.79 Å². The summed E-state index contributed by atoms with van der Waals surface area (Å²) in [5.74, 6) is -1.09. The van der Waals surface area contributed by atoms with Crippen molar-refractivity contribution in [2.45, 2.75) is 44.8 Å². The van der Waals surface area contributed by atoms with E-state index in [4.69, 9.17) is 4.74 Å². The molecule has 5 heteroatoms. The van der Waals surface area contributed by atoms with Crippen molar-refractivity contribution in [2.75, 3.05) is 6.61 Å². The SMILES string of the molecule is CC1(C)[C@H](NC(=O)[C@@H]2C[C@@H]2c2ccc(F)cc2F)[C@@H]2CCO[C@H]21. The molecule has 0 aromatic heterocycles. The fourth-order valence-corrected chi connectivity index (χ4v) is 4.51. The van der Waals surface area contributed by atoms with Crippen LogP contribution in [0.3, 0.4) is 0 Å². The third-order valence-electron chi connectivity index (χ3n) is 5.89. The second kappa shape index (κ2) is 5.00. The Hall–Kier alpha value is -1.49. The van der Waals surface area contributed by atoms with Gasteiger partial charge >= 0.3 is 0 Å². The van der Waals surface area contributed by atoms with Crippen LogP contribution in [0.4, 0.5) is 8.78 Å². The van der Waals surface area contributed by atoms with Crippen LogP contribution in [0, 0.1) is 28.9 Å². The molecule has 3 nitrogen and oxygen atoms in total. The summed E-state index contributed by atoms with van der Waals surface area (Å²) in [6, 6.07) is 3.72. The van der Waals surface area contributed by atoms with Crippen molar-refractivity contribution in [1.29, 1.82) is 0 Å². The summed E-state index contributed by atoms with van der Waals surface area (Å²) >= 11 is 0. The van der Waals surface area contributed by atoms with E-state index in [-0.39, 0.29) is 35.3 Å². The number of hydrogen-bond donors (Lipinski definition) is 1. The van der Waals surface area contributed by atoms with Crippen LogP contribution in [0.1, 0.15) is 38.2 Å². The van der Waals surface area contributed by atoms with Gasteiger partial charge < -0.3 is 10.1 Å². The van der Waals surface area contributed by atoms with E-state index in [9.17, 15) is 13.6 Å². The third-order valence-corrected chi connectivity index (χ3v) is 5.89. The average molecular weight is 321 g/mol. The molecule has 23 heavy (non-hydrogen) atoms. The highest BCUT2D eigenvalue weighted by atomic mass is 19.1. The monoisotopic (exact) mass is 321 g/mol. The molecule has 0 radical (unpaired) electrons. The van der Waals surface area contributed by atoms with E-state index < -0.39 is 11.6 Å². The van der Waals surface area contributed by atoms with Crippen molar-refractivity contribution in [1.82, 2.24) is 5.32 Å². The summed E-state index contributed by atoms with van der Waals surface area (Å²) in [4.78, 5) is 12.5. The van der Waals surface area contributed by atoms with Gasteiger partial charge in [-0.15, -0.1) is 0 Å². The third kappa shape index (κ3) is 2.28. The number of ether oxygens (including phenoxy) is 1. The summed E-state index contributed by atoms with van der Waals surface area (Å²) in [7, 11) is 0. The van der Waals surface area contributed by atoms with Crippen LogP contribution in [0.25, 0.3) is 0 Å². The lowest BCUT2D eigenvalue weighted by Gasteiger charge is -2.54. The molecular formula is C18H21F2NO2. The van der Waals surface area contributed by atoms with Gasteiger partial charge in [0.05, 0.1) is 6.10 Å². The minimum Gasteiger partial charge on any atom is -0.377 e. The predicted octanol–water partition coefficient (Wildman–Crippen LogP) is 3.00. The van der Waals surface area contributed by atoms with Crippen LogP contribution in [-0.4, -0.2) is 24.7 Å². The molecule has 1 heterocycles. The van der Waals surface area contributed by atoms with Gasteiger partial charge in [-0.1, -0.05) is 19.9 Å². The van der Waals surface area contributed by atoms with Crippen LogP contribution in [0.15, 0.2) is 18.2 Å². The lowest BCUT2D eigenvalue weighted by Crippen LogP contribution is -2.66. The van der Waals surface area contributed by atoms with Crippen molar-refractivity contribution < 1.29 is 18.3 Å². The van der Waals surface area contributed by atoms with Crippen LogP contribution in [-0.2, 0) is 9.53 Å². The average Bonchev–Trinajstić information content (AvgIpc) is 3.14. The van der Waals surface area contributed by atoms with Crippen molar-refractivity contribution in [3.8, 4) is 0 Å². The highest BCUT2D eigenvalue weighted by Gasteiger charge is 2.60. The number of rotatable bonds is 3. The zero-order valence-electron chi connectivity index (χ0n) is 13.3. The first-order valence-electron chi connectivity index (χ1n) is 8.26. The molecule has 124 valence electrons. The Morgan fingerprint density at radius 1 is 1.35 bits per heavy atom. The first-order valence-corrected chi connectivity index (χ1v) is 8.26. The molecule has 1 aromatic carbocycles. The minimum absolute atomic E-state index is 0.0119. The molecule has 1 N–H and O–H groups in total. The lowest BCUT2D eigenvalue weighted by molar-refractivity contribution is -0.138. The maximum Gasteiger partial charge on any atom is 0.223 e. The summed E-state index contributed by atoms with van der Waals surface area (Å²) < 4.78 is 32.6. The zero-order valence-corrected chi connectivity index (χ0v) is 13.3. The van der Waals surface area contributed by atoms with Crippen LogP contribution < -0.4 is 5.32 Å². The van der Waals surface area contributed by atoms with E-state index in [1.54, 1.807) is 0 Å². The second-order valence-electron chi connectivity index (χ2n) is 7.67. The molecule has 1 aromatic rings. The van der Waals surface area contributed by atoms with Gasteiger partial charge in [0.15, 0.2) is 0 Å². The Kier molecular flexibility index (Phi) is 3.28. The summed E-state index contributed by atoms with van der Waals surface area (Å²) in [6.45, 7) is 5.00. The quantitative estimate of drug-likeness (QED) is 0.929. The number of halogens is 2. The van der Waals surface area contributed by atoms with E-state index in [2.05, 4.69) is 19.2 Å². The number of amides is 1. The molecule has 1 aliphatic heterocycles. The fourth-order valence-electron chi connectivity index (χ4n) is 4.51. The predicted molar refractivity (Wildman–Crippen MR) is 80.8 cm³/mol. The number of hydrogen-bond acceptors (Lipinski definition) is 2. The van der Waals surface area contributed by atoms with Crippen molar-refractivity contribution in [2.24, 2.45) is 17.3 Å². The number of carbonyl (C=O) groups is 1. The maximum absolute atomic E-state index is 13.8. The number of benzene rings is 1. The molecule has 1 saturated heterocycles. The number of fused-ring (bicyclic) bond motifs is 1. The molecule has 0 unspecified atom stereocenters. The van der Waals surface area contributed by atoms with Crippen LogP contribution >= 0.6 is 0 Å². The first-order chi connectivity index (χ1) is 10.9. The topological polar surface area (TPSA) is 38.3 Å². The molecular weight excluding hydrogens is 300 g/mol. The number of carbonyl (C=O) groups excluding carboxylic acids is 1. The largest absolute Gasteiger partial charge is 0.377 e. The van der Waals surface area contributed by atoms with Gasteiger partial charge in [0.25, 0.3) is 0 Å². The lowest BCUT2D eigenvalue weighted by atomic mass is 9.57. The van der Waals surface area contributed by atoms with E-state index in [0.29, 0.717) is 17.9 Å². The molecule has 3 aliphatic rings. The molecule has 5 atom stereocenters.